The number of hydrogen-bond donors (Lipinski definition) is 1. The van der Waals surface area contributed by atoms with Gasteiger partial charge in [-0.3, -0.25) is 14.9 Å². The van der Waals surface area contributed by atoms with E-state index in [1.54, 1.807) is 69.9 Å². The van der Waals surface area contributed by atoms with Crippen LogP contribution in [0.15, 0.2) is 206 Å². The number of nitrogens with zero attached hydrogens (tertiary/aromatic N) is 5. The average molecular weight is 2090 g/mol. The van der Waals surface area contributed by atoms with Gasteiger partial charge in [0, 0.05) is 94.4 Å². The molecule has 3 aliphatic rings. The van der Waals surface area contributed by atoms with Crippen molar-refractivity contribution in [2.24, 2.45) is 0 Å². The minimum absolute atomic E-state index is 0.112. The summed E-state index contributed by atoms with van der Waals surface area (Å²) in [5.41, 5.74) is 8.22. The number of anilines is 3. The maximum Gasteiger partial charge on any atom is 0.338 e. The molecule has 35 nitrogen and oxygen atoms in total. The number of halogens is 1. The first kappa shape index (κ1) is 115. The van der Waals surface area contributed by atoms with Crippen molar-refractivity contribution in [3.63, 3.8) is 0 Å². The van der Waals surface area contributed by atoms with Crippen molar-refractivity contribution < 1.29 is 128 Å². The monoisotopic (exact) mass is 2080 g/mol. The number of ether oxygens (including phenoxy) is 18. The van der Waals surface area contributed by atoms with Gasteiger partial charge in [0.25, 0.3) is 5.69 Å². The van der Waals surface area contributed by atoms with Gasteiger partial charge in [0.05, 0.1) is 211 Å². The number of benzene rings is 9. The van der Waals surface area contributed by atoms with Gasteiger partial charge in [-0.2, -0.15) is 0 Å². The predicted molar refractivity (Wildman–Crippen MR) is 557 cm³/mol. The Morgan fingerprint density at radius 2 is 0.762 bits per heavy atom. The Bertz CT molecular complexity index is 5410. The normalized spacial score (nSPS) is 15.0. The third-order valence-electron chi connectivity index (χ3n) is 22.2. The van der Waals surface area contributed by atoms with Crippen molar-refractivity contribution in [2.75, 3.05) is 275 Å². The van der Waals surface area contributed by atoms with E-state index in [9.17, 15) is 39.4 Å². The predicted octanol–water partition coefficient (Wildman–Crippen LogP) is 16.4. The number of carbonyl (C=O) groups is 4. The van der Waals surface area contributed by atoms with Gasteiger partial charge in [0.1, 0.15) is 43.4 Å². The summed E-state index contributed by atoms with van der Waals surface area (Å²) in [7, 11) is 7.82. The second-order valence-corrected chi connectivity index (χ2v) is 41.6. The van der Waals surface area contributed by atoms with Gasteiger partial charge in [-0.1, -0.05) is 24.3 Å². The van der Waals surface area contributed by atoms with E-state index in [2.05, 4.69) is 94.5 Å². The van der Waals surface area contributed by atoms with E-state index in [4.69, 9.17) is 94.1 Å². The van der Waals surface area contributed by atoms with Crippen LogP contribution in [-0.4, -0.2) is 299 Å². The Kier molecular flexibility index (Phi) is 51.9. The molecule has 0 aliphatic carbocycles. The molecule has 3 aliphatic heterocycles. The van der Waals surface area contributed by atoms with E-state index in [-0.39, 0.29) is 28.5 Å². The molecule has 1 N–H and O–H groups in total. The van der Waals surface area contributed by atoms with Gasteiger partial charge < -0.3 is 114 Å². The van der Waals surface area contributed by atoms with Gasteiger partial charge in [-0.05, 0) is 105 Å². The Labute approximate surface area is 845 Å². The van der Waals surface area contributed by atoms with E-state index in [1.807, 2.05) is 112 Å². The molecule has 0 radical (unpaired) electrons. The van der Waals surface area contributed by atoms with Crippen LogP contribution in [0.5, 0.6) is 17.2 Å². The number of aromatic amines is 1. The molecule has 0 saturated carbocycles. The quantitative estimate of drug-likeness (QED) is 0.00865. The van der Waals surface area contributed by atoms with Crippen molar-refractivity contribution in [3.05, 3.63) is 265 Å². The van der Waals surface area contributed by atoms with Gasteiger partial charge >= 0.3 is 227 Å². The van der Waals surface area contributed by atoms with Crippen LogP contribution in [0.2, 0.25) is 0 Å². The largest absolute Gasteiger partial charge is 0.489 e. The summed E-state index contributed by atoms with van der Waals surface area (Å²) in [4.78, 5) is 79.6. The number of nitrogens with one attached hydrogen (secondary N) is 1. The van der Waals surface area contributed by atoms with Crippen LogP contribution in [-0.2, 0) is 90.8 Å². The Morgan fingerprint density at radius 3 is 1.15 bits per heavy atom. The SMILES string of the molecule is CCOP(OCC)OCC.COC(=O)c1ccc(CP(Br)(c2ccccc2)(c2ccccc2)c2ccccc2)c([N+](=O)[O-])c1.COCCN1CCOCCOCCOCCOc2cc(-c3cc4ccc(C(=O)OC)cc4[nH]3)ccc21.COCCN1CCOCCOCCOCCOc2cc(/C=C/c3ccc(C(=O)OC)cc3[N+](=O)[O-])ccc21.COCCN1CCOCCOCCOCCOc2cc(C=O)ccc21. The van der Waals surface area contributed by atoms with Crippen LogP contribution in [0.4, 0.5) is 28.4 Å². The molecule has 1 aromatic heterocycles. The first-order chi connectivity index (χ1) is 69.8. The van der Waals surface area contributed by atoms with Crippen LogP contribution in [0.3, 0.4) is 0 Å². The van der Waals surface area contributed by atoms with Gasteiger partial charge in [-0.25, -0.2) is 9.59 Å². The number of nitro groups is 2. The van der Waals surface area contributed by atoms with Gasteiger partial charge in [0.15, 0.2) is 0 Å². The number of fused-ring (bicyclic) bond motifs is 4. The zero-order chi connectivity index (χ0) is 102. The summed E-state index contributed by atoms with van der Waals surface area (Å²) in [6.07, 6.45) is 4.56. The number of H-pyrrole nitrogens is 1. The number of hydrogen-bond acceptors (Lipinski definition) is 32. The maximum atomic E-state index is 12.1. The number of aldehydes is 1. The topological polar surface area (TPSA) is 374 Å². The van der Waals surface area contributed by atoms with Gasteiger partial charge in [-0.15, -0.1) is 0 Å². The molecule has 774 valence electrons. The summed E-state index contributed by atoms with van der Waals surface area (Å²) in [5, 5.41) is 24.5. The molecule has 0 amide bonds. The molecule has 0 spiro atoms. The van der Waals surface area contributed by atoms with Crippen LogP contribution in [0, 0.1) is 20.2 Å². The minimum Gasteiger partial charge on any atom is -0.489 e. The molecule has 9 aromatic carbocycles. The fourth-order valence-electron chi connectivity index (χ4n) is 15.1. The third-order valence-corrected chi connectivity index (χ3v) is 33.1. The molecule has 143 heavy (non-hydrogen) atoms. The van der Waals surface area contributed by atoms with Crippen LogP contribution in [0.25, 0.3) is 34.3 Å². The smallest absolute Gasteiger partial charge is 0.338 e. The Morgan fingerprint density at radius 1 is 0.406 bits per heavy atom. The number of nitro benzene ring substituents is 2. The molecule has 4 heterocycles. The summed E-state index contributed by atoms with van der Waals surface area (Å²) in [6, 6.07) is 63.9. The van der Waals surface area contributed by atoms with E-state index < -0.39 is 35.7 Å². The Balaban J connectivity index is 0.000000207. The molecule has 10 aromatic rings. The van der Waals surface area contributed by atoms with Crippen LogP contribution < -0.4 is 44.8 Å². The fraction of sp³-hybridized carbons (Fsp3) is 0.410. The minimum atomic E-state index is -3.43. The van der Waals surface area contributed by atoms with Crippen molar-refractivity contribution in [1.29, 1.82) is 0 Å². The molecule has 38 heteroatoms. The number of aromatic nitrogens is 1. The van der Waals surface area contributed by atoms with Crippen molar-refractivity contribution in [3.8, 4) is 28.5 Å². The van der Waals surface area contributed by atoms with Crippen LogP contribution >= 0.6 is 29.4 Å². The number of rotatable bonds is 29. The van der Waals surface area contributed by atoms with Crippen LogP contribution in [0.1, 0.15) is 78.9 Å². The second-order valence-electron chi connectivity index (χ2n) is 31.5. The number of carbonyl (C=O) groups excluding carboxylic acids is 4. The summed E-state index contributed by atoms with van der Waals surface area (Å²) >= 11 is 4.32. The summed E-state index contributed by atoms with van der Waals surface area (Å²) < 4.78 is 114. The van der Waals surface area contributed by atoms with Gasteiger partial charge in [0.2, 0.25) is 0 Å². The molecule has 0 fully saturated rings. The van der Waals surface area contributed by atoms with Crippen molar-refractivity contribution in [2.45, 2.75) is 26.9 Å². The third kappa shape index (κ3) is 36.4. The molecular weight excluding hydrogens is 1950 g/mol. The molecule has 0 atom stereocenters. The summed E-state index contributed by atoms with van der Waals surface area (Å²) in [6.45, 7) is 23.8. The second kappa shape index (κ2) is 64.4. The number of methoxy groups -OCH3 is 6. The zero-order valence-corrected chi connectivity index (χ0v) is 86.1. The molecular formula is C105H133BrN6O29P2. The first-order valence-corrected chi connectivity index (χ1v) is 52.7. The molecule has 0 unspecified atom stereocenters. The first-order valence-electron chi connectivity index (χ1n) is 47.2. The van der Waals surface area contributed by atoms with E-state index in [0.717, 1.165) is 72.7 Å². The standard InChI is InChI=1S/C27H23BrNO4P.C27H34N2O9.C27H34N2O7.C18H27NO6.C6H15O3P/c1-33-27(30)21-17-18-22(26(19-21)29(31)32)20-34(28,23-11-5-2-6-12-23,24-13-7-3-8-14-24)25-15-9-4-10-16-25;1-33-11-9-28-10-12-35-13-14-36-15-16-37-17-18-38-26-19-21(4-8-24(26)28)3-5-22-6-7-23(27(30)34-2)20-25(22)29(31)32;1-31-9-7-29-8-10-33-11-12-34-13-14-35-15-16-36-26-19-21(5-6-25(26)29)23-17-20-3-4-22(27(30)32-2)18-24(20)28-23;1-21-6-4-19-5-7-22-8-9-23-10-11-24-12-13-25-18-14-16(15-20)2-3-17(18)19;1-4-7-10(8-5-2)9-6-3/h2-19H,20H2,1H3;3-8,19-20H,9-18H2,1-2H3;3-6,17-19,28H,7-16H2,1-2H3;2-3,14-15H,4-13H2,1H3;4-6H2,1-3H3/b;5-3+;;;. The molecule has 0 saturated heterocycles. The molecule has 0 bridgehead atoms. The summed E-state index contributed by atoms with van der Waals surface area (Å²) in [5.74, 6) is 0.455. The van der Waals surface area contributed by atoms with E-state index in [0.29, 0.717) is 258 Å². The fourth-order valence-corrected chi connectivity index (χ4v) is 23.6. The van der Waals surface area contributed by atoms with Crippen molar-refractivity contribution in [1.82, 2.24) is 4.98 Å². The molecule has 13 rings (SSSR count). The average Bonchev–Trinajstić information content (AvgIpc) is 1.62. The van der Waals surface area contributed by atoms with E-state index in [1.165, 1.54) is 45.6 Å². The number of esters is 3. The maximum absolute atomic E-state index is 12.1. The Hall–Kier alpha value is -11.3. The van der Waals surface area contributed by atoms with Crippen molar-refractivity contribution >= 4 is 121 Å². The zero-order valence-electron chi connectivity index (χ0n) is 82.8. The van der Waals surface area contributed by atoms with E-state index >= 15 is 0 Å².